The maximum absolute atomic E-state index is 11.5. The summed E-state index contributed by atoms with van der Waals surface area (Å²) in [6.07, 6.45) is -0.191. The molecule has 0 bridgehead atoms. The van der Waals surface area contributed by atoms with Crippen LogP contribution in [-0.4, -0.2) is 42.7 Å². The van der Waals surface area contributed by atoms with E-state index in [-0.39, 0.29) is 6.10 Å². The highest BCUT2D eigenvalue weighted by atomic mass is 16.5. The number of nitrogens with one attached hydrogen (secondary N) is 1. The normalized spacial score (nSPS) is 22.3. The van der Waals surface area contributed by atoms with Crippen molar-refractivity contribution in [2.45, 2.75) is 38.4 Å². The second-order valence-corrected chi connectivity index (χ2v) is 5.66. The van der Waals surface area contributed by atoms with E-state index in [1.54, 1.807) is 7.11 Å². The molecule has 120 valence electrons. The smallest absolute Gasteiger partial charge is 0.227 e. The van der Waals surface area contributed by atoms with Crippen LogP contribution in [0.3, 0.4) is 0 Å². The van der Waals surface area contributed by atoms with E-state index in [1.165, 1.54) is 0 Å². The third-order valence-corrected chi connectivity index (χ3v) is 3.93. The zero-order chi connectivity index (χ0) is 16.3. The number of aliphatic imine (C=N–C) groups is 1. The number of aliphatic hydroxyl groups excluding tert-OH is 1. The molecule has 1 aromatic carbocycles. The van der Waals surface area contributed by atoms with Crippen molar-refractivity contribution >= 4 is 17.4 Å². The Hall–Kier alpha value is -1.92. The molecule has 1 aliphatic rings. The molecule has 0 fully saturated rings. The molecule has 1 aromatic rings. The van der Waals surface area contributed by atoms with Crippen LogP contribution in [-0.2, 0) is 16.0 Å². The maximum atomic E-state index is 11.5. The van der Waals surface area contributed by atoms with Gasteiger partial charge in [-0.2, -0.15) is 0 Å². The van der Waals surface area contributed by atoms with E-state index in [0.29, 0.717) is 13.0 Å². The fourth-order valence-electron chi connectivity index (χ4n) is 2.63. The number of nitrogens with zero attached hydrogens (tertiary/aromatic N) is 1. The first-order valence-corrected chi connectivity index (χ1v) is 7.34. The van der Waals surface area contributed by atoms with Crippen molar-refractivity contribution in [3.05, 3.63) is 29.3 Å². The largest absolute Gasteiger partial charge is 0.392 e. The highest BCUT2D eigenvalue weighted by Crippen LogP contribution is 2.35. The van der Waals surface area contributed by atoms with E-state index < -0.39 is 17.9 Å². The van der Waals surface area contributed by atoms with Crippen molar-refractivity contribution in [2.75, 3.05) is 13.7 Å². The Labute approximate surface area is 130 Å². The number of nitrogens with two attached hydrogens (primary N) is 1. The van der Waals surface area contributed by atoms with Gasteiger partial charge in [0, 0.05) is 13.7 Å². The van der Waals surface area contributed by atoms with Crippen LogP contribution in [0.15, 0.2) is 23.2 Å². The van der Waals surface area contributed by atoms with Gasteiger partial charge < -0.3 is 20.9 Å². The van der Waals surface area contributed by atoms with Crippen LogP contribution in [0.5, 0.6) is 0 Å². The van der Waals surface area contributed by atoms with Gasteiger partial charge in [-0.05, 0) is 43.5 Å². The molecule has 0 aromatic heterocycles. The molecule has 0 aliphatic heterocycles. The number of amides is 1. The number of aliphatic hydroxyl groups is 1. The molecule has 0 radical (unpaired) electrons. The molecule has 0 heterocycles. The number of rotatable bonds is 5. The molecular weight excluding hydrogens is 282 g/mol. The van der Waals surface area contributed by atoms with Gasteiger partial charge in [0.05, 0.1) is 29.6 Å². The summed E-state index contributed by atoms with van der Waals surface area (Å²) >= 11 is 0. The van der Waals surface area contributed by atoms with Crippen LogP contribution >= 0.6 is 0 Å². The number of hydrogen-bond acceptors (Lipinski definition) is 4. The molecule has 0 saturated carbocycles. The summed E-state index contributed by atoms with van der Waals surface area (Å²) in [6, 6.07) is 5.59. The Morgan fingerprint density at radius 1 is 1.59 bits per heavy atom. The van der Waals surface area contributed by atoms with E-state index in [9.17, 15) is 9.90 Å². The van der Waals surface area contributed by atoms with Gasteiger partial charge in [0.1, 0.15) is 0 Å². The second-order valence-electron chi connectivity index (χ2n) is 5.66. The van der Waals surface area contributed by atoms with Crippen molar-refractivity contribution < 1.29 is 14.6 Å². The first-order valence-electron chi connectivity index (χ1n) is 7.34. The minimum absolute atomic E-state index is 0.0968. The molecule has 4 N–H and O–H groups in total. The Bertz CT molecular complexity index is 586. The fraction of sp³-hybridized carbons (Fsp3) is 0.500. The molecule has 6 nitrogen and oxygen atoms in total. The summed E-state index contributed by atoms with van der Waals surface area (Å²) < 4.78 is 5.17. The van der Waals surface area contributed by atoms with Gasteiger partial charge >= 0.3 is 0 Å². The fourth-order valence-corrected chi connectivity index (χ4v) is 2.63. The van der Waals surface area contributed by atoms with E-state index >= 15 is 0 Å². The van der Waals surface area contributed by atoms with E-state index in [4.69, 9.17) is 10.5 Å². The van der Waals surface area contributed by atoms with Crippen molar-refractivity contribution in [1.29, 1.82) is 0 Å². The van der Waals surface area contributed by atoms with Gasteiger partial charge in [-0.25, -0.2) is 4.99 Å². The van der Waals surface area contributed by atoms with E-state index in [0.717, 1.165) is 22.6 Å². The summed E-state index contributed by atoms with van der Waals surface area (Å²) in [6.45, 7) is 4.50. The lowest BCUT2D eigenvalue weighted by molar-refractivity contribution is -0.121. The van der Waals surface area contributed by atoms with Crippen LogP contribution in [0.1, 0.15) is 30.9 Å². The quantitative estimate of drug-likeness (QED) is 0.555. The van der Waals surface area contributed by atoms with Crippen molar-refractivity contribution in [3.8, 4) is 0 Å². The lowest BCUT2D eigenvalue weighted by Gasteiger charge is -2.12. The summed E-state index contributed by atoms with van der Waals surface area (Å²) in [5.41, 5.74) is 7.85. The third kappa shape index (κ3) is 3.64. The standard InChI is InChI=1S/C16H23N3O3/c1-9(22-3)8-18-10(2)19-12-5-4-11-6-14(20)15(16(17)21)13(11)7-12/h4-5,7,9,14-15,20H,6,8H2,1-3H3,(H2,17,21)(H,18,19). The molecule has 1 aliphatic carbocycles. The Morgan fingerprint density at radius 3 is 2.95 bits per heavy atom. The van der Waals surface area contributed by atoms with Crippen molar-refractivity contribution in [2.24, 2.45) is 10.7 Å². The van der Waals surface area contributed by atoms with Gasteiger partial charge in [0.15, 0.2) is 0 Å². The Kier molecular flexibility index (Phi) is 5.15. The third-order valence-electron chi connectivity index (χ3n) is 3.93. The molecular formula is C16H23N3O3. The number of fused-ring (bicyclic) bond motifs is 1. The van der Waals surface area contributed by atoms with Gasteiger partial charge in [0.2, 0.25) is 5.91 Å². The predicted octanol–water partition coefficient (Wildman–Crippen LogP) is 0.847. The summed E-state index contributed by atoms with van der Waals surface area (Å²) in [5.74, 6) is -0.388. The number of benzene rings is 1. The first kappa shape index (κ1) is 16.5. The summed E-state index contributed by atoms with van der Waals surface area (Å²) in [5, 5.41) is 13.1. The molecule has 1 amide bonds. The molecule has 0 saturated heterocycles. The number of hydrogen-bond donors (Lipinski definition) is 3. The first-order chi connectivity index (χ1) is 10.4. The lowest BCUT2D eigenvalue weighted by atomic mass is 9.99. The molecule has 0 spiro atoms. The number of primary amides is 1. The SMILES string of the molecule is COC(C)CNC(C)=Nc1ccc2c(c1)C(C(N)=O)C(O)C2. The molecule has 2 rings (SSSR count). The topological polar surface area (TPSA) is 96.9 Å². The average Bonchev–Trinajstić information content (AvgIpc) is 2.80. The lowest BCUT2D eigenvalue weighted by Crippen LogP contribution is -2.29. The van der Waals surface area contributed by atoms with Crippen LogP contribution in [0.4, 0.5) is 5.69 Å². The maximum Gasteiger partial charge on any atom is 0.227 e. The van der Waals surface area contributed by atoms with Crippen LogP contribution in [0, 0.1) is 0 Å². The molecule has 3 unspecified atom stereocenters. The van der Waals surface area contributed by atoms with Gasteiger partial charge in [-0.15, -0.1) is 0 Å². The van der Waals surface area contributed by atoms with Gasteiger partial charge in [-0.3, -0.25) is 4.79 Å². The number of carbonyl (C=O) groups is 1. The molecule has 22 heavy (non-hydrogen) atoms. The highest BCUT2D eigenvalue weighted by molar-refractivity contribution is 5.85. The van der Waals surface area contributed by atoms with E-state index in [2.05, 4.69) is 10.3 Å². The zero-order valence-electron chi connectivity index (χ0n) is 13.2. The Morgan fingerprint density at radius 2 is 2.32 bits per heavy atom. The Balaban J connectivity index is 2.16. The zero-order valence-corrected chi connectivity index (χ0v) is 13.2. The highest BCUT2D eigenvalue weighted by Gasteiger charge is 2.35. The second kappa shape index (κ2) is 6.89. The van der Waals surface area contributed by atoms with Gasteiger partial charge in [0.25, 0.3) is 0 Å². The average molecular weight is 305 g/mol. The summed E-state index contributed by atoms with van der Waals surface area (Å²) in [7, 11) is 1.66. The van der Waals surface area contributed by atoms with Gasteiger partial charge in [-0.1, -0.05) is 6.07 Å². The van der Waals surface area contributed by atoms with E-state index in [1.807, 2.05) is 32.0 Å². The number of amidine groups is 1. The van der Waals surface area contributed by atoms with Crippen molar-refractivity contribution in [1.82, 2.24) is 5.32 Å². The number of carbonyl (C=O) groups excluding carboxylic acids is 1. The van der Waals surface area contributed by atoms with Crippen molar-refractivity contribution in [3.63, 3.8) is 0 Å². The number of ether oxygens (including phenoxy) is 1. The minimum Gasteiger partial charge on any atom is -0.392 e. The van der Waals surface area contributed by atoms with Crippen LogP contribution < -0.4 is 11.1 Å². The number of methoxy groups -OCH3 is 1. The molecule has 3 atom stereocenters. The van der Waals surface area contributed by atoms with Crippen LogP contribution in [0.2, 0.25) is 0 Å². The summed E-state index contributed by atoms with van der Waals surface area (Å²) in [4.78, 5) is 16.0. The molecule has 6 heteroatoms. The van der Waals surface area contributed by atoms with Crippen LogP contribution in [0.25, 0.3) is 0 Å². The monoisotopic (exact) mass is 305 g/mol. The minimum atomic E-state index is -0.742. The predicted molar refractivity (Wildman–Crippen MR) is 85.3 cm³/mol.